The second-order valence-electron chi connectivity index (χ2n) is 3.32. The first kappa shape index (κ1) is 15.9. The van der Waals surface area contributed by atoms with Crippen molar-refractivity contribution in [2.75, 3.05) is 0 Å². The fraction of sp³-hybridized carbons (Fsp3) is 0. The lowest BCUT2D eigenvalue weighted by Crippen LogP contribution is -2.34. The molecule has 0 atom stereocenters. The molecule has 3 N–H and O–H groups in total. The summed E-state index contributed by atoms with van der Waals surface area (Å²) in [7, 11) is -3.80. The summed E-state index contributed by atoms with van der Waals surface area (Å²) in [4.78, 5) is 38.1. The molecule has 21 heavy (non-hydrogen) atoms. The van der Waals surface area contributed by atoms with E-state index in [1.807, 2.05) is 0 Å². The number of azide groups is 1. The van der Waals surface area contributed by atoms with E-state index in [1.165, 1.54) is 12.1 Å². The molecular formula is C9H8N6O5S. The van der Waals surface area contributed by atoms with E-state index in [9.17, 15) is 22.8 Å². The molecule has 0 saturated heterocycles. The number of hydrogen-bond acceptors (Lipinski definition) is 5. The normalized spacial score (nSPS) is 9.90. The molecule has 1 aromatic carbocycles. The maximum Gasteiger partial charge on any atom is 0.330 e. The SMILES string of the molecule is O=c1[nH]c(=O)[nH]c(=O)[nH]1.[N-]=[N+]=NS(=O)(=O)c1ccccc1. The Labute approximate surface area is 116 Å². The molecule has 0 aliphatic carbocycles. The van der Waals surface area contributed by atoms with Gasteiger partial charge >= 0.3 is 17.1 Å². The van der Waals surface area contributed by atoms with E-state index >= 15 is 0 Å². The maximum absolute atomic E-state index is 11.0. The molecule has 2 aromatic rings. The predicted molar refractivity (Wildman–Crippen MR) is 71.1 cm³/mol. The highest BCUT2D eigenvalue weighted by atomic mass is 32.2. The summed E-state index contributed by atoms with van der Waals surface area (Å²) in [5.74, 6) is 0. The Balaban J connectivity index is 0.000000219. The zero-order valence-corrected chi connectivity index (χ0v) is 11.0. The summed E-state index contributed by atoms with van der Waals surface area (Å²) < 4.78 is 24.7. The number of nitrogens with zero attached hydrogens (tertiary/aromatic N) is 3. The van der Waals surface area contributed by atoms with Crippen molar-refractivity contribution in [2.24, 2.45) is 4.52 Å². The van der Waals surface area contributed by atoms with Gasteiger partial charge in [-0.25, -0.2) is 22.8 Å². The third-order valence-electron chi connectivity index (χ3n) is 1.87. The molecule has 0 radical (unpaired) electrons. The Morgan fingerprint density at radius 2 is 1.33 bits per heavy atom. The van der Waals surface area contributed by atoms with Crippen molar-refractivity contribution in [2.45, 2.75) is 4.90 Å². The smallest absolute Gasteiger partial charge is 0.259 e. The summed E-state index contributed by atoms with van der Waals surface area (Å²) in [6.45, 7) is 0. The van der Waals surface area contributed by atoms with Gasteiger partial charge in [0.25, 0.3) is 10.0 Å². The highest BCUT2D eigenvalue weighted by Crippen LogP contribution is 2.10. The minimum absolute atomic E-state index is 0.00259. The third kappa shape index (κ3) is 5.18. The Hall–Kier alpha value is -3.11. The number of aromatic amines is 3. The van der Waals surface area contributed by atoms with Gasteiger partial charge in [-0.3, -0.25) is 15.0 Å². The molecule has 12 heteroatoms. The summed E-state index contributed by atoms with van der Waals surface area (Å²) in [5, 5.41) is 0. The summed E-state index contributed by atoms with van der Waals surface area (Å²) in [5.41, 5.74) is 5.54. The van der Waals surface area contributed by atoms with Gasteiger partial charge in [0.2, 0.25) is 0 Å². The largest absolute Gasteiger partial charge is 0.330 e. The number of rotatable bonds is 2. The molecule has 1 aromatic heterocycles. The third-order valence-corrected chi connectivity index (χ3v) is 3.02. The zero-order valence-electron chi connectivity index (χ0n) is 10.2. The van der Waals surface area contributed by atoms with Crippen molar-refractivity contribution in [1.82, 2.24) is 15.0 Å². The number of sulfonamides is 1. The van der Waals surface area contributed by atoms with Crippen LogP contribution < -0.4 is 17.1 Å². The highest BCUT2D eigenvalue weighted by Gasteiger charge is 2.09. The van der Waals surface area contributed by atoms with Crippen LogP contribution in [0.4, 0.5) is 0 Å². The first-order chi connectivity index (χ1) is 9.85. The standard InChI is InChI=1S/C6H5N3O2S.C3H3N3O3/c7-8-9-12(10,11)6-4-2-1-3-5-6;7-1-4-2(8)6-3(9)5-1/h1-5H;(H3,4,5,6,7,8,9). The summed E-state index contributed by atoms with van der Waals surface area (Å²) in [6.07, 6.45) is 0. The Morgan fingerprint density at radius 3 is 1.71 bits per heavy atom. The van der Waals surface area contributed by atoms with Gasteiger partial charge in [-0.1, -0.05) is 18.2 Å². The van der Waals surface area contributed by atoms with E-state index in [0.717, 1.165) is 0 Å². The van der Waals surface area contributed by atoms with E-state index in [4.69, 9.17) is 5.53 Å². The molecule has 110 valence electrons. The molecule has 0 bridgehead atoms. The minimum atomic E-state index is -3.80. The minimum Gasteiger partial charge on any atom is -0.259 e. The first-order valence-electron chi connectivity index (χ1n) is 5.14. The van der Waals surface area contributed by atoms with Crippen LogP contribution >= 0.6 is 0 Å². The molecule has 0 spiro atoms. The van der Waals surface area contributed by atoms with E-state index in [-0.39, 0.29) is 4.90 Å². The molecule has 0 saturated carbocycles. The lowest BCUT2D eigenvalue weighted by Gasteiger charge is -1.93. The second kappa shape index (κ2) is 6.88. The van der Waals surface area contributed by atoms with Crippen LogP contribution in [0.25, 0.3) is 10.4 Å². The van der Waals surface area contributed by atoms with Gasteiger partial charge in [0.05, 0.1) is 4.90 Å². The van der Waals surface area contributed by atoms with Gasteiger partial charge in [-0.05, 0) is 17.7 Å². The van der Waals surface area contributed by atoms with Gasteiger partial charge in [-0.2, -0.15) is 0 Å². The van der Waals surface area contributed by atoms with Crippen LogP contribution in [0.2, 0.25) is 0 Å². The number of H-pyrrole nitrogens is 3. The molecular weight excluding hydrogens is 304 g/mol. The van der Waals surface area contributed by atoms with Gasteiger partial charge in [0.15, 0.2) is 0 Å². The summed E-state index contributed by atoms with van der Waals surface area (Å²) >= 11 is 0. The average molecular weight is 312 g/mol. The van der Waals surface area contributed by atoms with Crippen LogP contribution in [0.3, 0.4) is 0 Å². The van der Waals surface area contributed by atoms with Crippen molar-refractivity contribution < 1.29 is 8.42 Å². The highest BCUT2D eigenvalue weighted by molar-refractivity contribution is 7.90. The molecule has 0 fully saturated rings. The molecule has 0 unspecified atom stereocenters. The van der Waals surface area contributed by atoms with Crippen molar-refractivity contribution in [1.29, 1.82) is 0 Å². The van der Waals surface area contributed by atoms with E-state index < -0.39 is 27.1 Å². The molecule has 11 nitrogen and oxygen atoms in total. The predicted octanol–water partition coefficient (Wildman–Crippen LogP) is -0.563. The van der Waals surface area contributed by atoms with Crippen LogP contribution in [0.15, 0.2) is 54.1 Å². The Bertz CT molecular complexity index is 841. The topological polar surface area (TPSA) is 181 Å². The molecule has 0 aliphatic heterocycles. The van der Waals surface area contributed by atoms with Crippen LogP contribution in [0, 0.1) is 0 Å². The Kier molecular flexibility index (Phi) is 5.23. The van der Waals surface area contributed by atoms with Crippen molar-refractivity contribution >= 4 is 10.0 Å². The Morgan fingerprint density at radius 1 is 0.905 bits per heavy atom. The van der Waals surface area contributed by atoms with Crippen molar-refractivity contribution in [3.05, 3.63) is 72.2 Å². The quantitative estimate of drug-likeness (QED) is 0.381. The van der Waals surface area contributed by atoms with Crippen LogP contribution in [0.1, 0.15) is 0 Å². The maximum atomic E-state index is 11.0. The second-order valence-corrected chi connectivity index (χ2v) is 4.91. The van der Waals surface area contributed by atoms with E-state index in [2.05, 4.69) is 9.43 Å². The number of benzene rings is 1. The van der Waals surface area contributed by atoms with Gasteiger partial charge in [0, 0.05) is 9.43 Å². The molecule has 2 rings (SSSR count). The average Bonchev–Trinajstić information content (AvgIpc) is 2.39. The molecule has 1 heterocycles. The number of nitrogens with one attached hydrogen (secondary N) is 3. The zero-order chi connectivity index (χ0) is 15.9. The van der Waals surface area contributed by atoms with Crippen molar-refractivity contribution in [3.8, 4) is 0 Å². The lowest BCUT2D eigenvalue weighted by atomic mass is 10.4. The van der Waals surface area contributed by atoms with E-state index in [0.29, 0.717) is 0 Å². The summed E-state index contributed by atoms with van der Waals surface area (Å²) in [6, 6.07) is 7.52. The van der Waals surface area contributed by atoms with Gasteiger partial charge < -0.3 is 0 Å². The van der Waals surface area contributed by atoms with Gasteiger partial charge in [-0.15, -0.1) is 0 Å². The fourth-order valence-electron chi connectivity index (χ4n) is 1.09. The molecule has 0 aliphatic rings. The van der Waals surface area contributed by atoms with E-state index in [1.54, 1.807) is 33.2 Å². The first-order valence-corrected chi connectivity index (χ1v) is 6.58. The van der Waals surface area contributed by atoms with Crippen LogP contribution in [-0.2, 0) is 10.0 Å². The number of aromatic nitrogens is 3. The fourth-order valence-corrected chi connectivity index (χ4v) is 1.78. The van der Waals surface area contributed by atoms with Crippen LogP contribution in [-0.4, -0.2) is 23.4 Å². The number of hydrogen-bond donors (Lipinski definition) is 3. The van der Waals surface area contributed by atoms with Crippen molar-refractivity contribution in [3.63, 3.8) is 0 Å². The molecule has 0 amide bonds. The van der Waals surface area contributed by atoms with Gasteiger partial charge in [0.1, 0.15) is 0 Å². The lowest BCUT2D eigenvalue weighted by molar-refractivity contribution is 0.597. The van der Waals surface area contributed by atoms with Crippen LogP contribution in [0.5, 0.6) is 0 Å². The monoisotopic (exact) mass is 312 g/mol.